The van der Waals surface area contributed by atoms with Crippen LogP contribution in [0.4, 0.5) is 0 Å². The first-order chi connectivity index (χ1) is 6.74. The van der Waals surface area contributed by atoms with Crippen molar-refractivity contribution in [2.75, 3.05) is 0 Å². The van der Waals surface area contributed by atoms with Gasteiger partial charge >= 0.3 is 0 Å². The Hall–Kier alpha value is -1.49. The van der Waals surface area contributed by atoms with Crippen LogP contribution in [0, 0.1) is 18.3 Å². The Labute approximate surface area is 86.8 Å². The number of hydrogen-bond acceptors (Lipinski definition) is 2. The van der Waals surface area contributed by atoms with Crippen LogP contribution in [0.3, 0.4) is 0 Å². The molecule has 0 bridgehead atoms. The molecule has 78 valence electrons. The highest BCUT2D eigenvalue weighted by Gasteiger charge is 1.94. The van der Waals surface area contributed by atoms with Crippen LogP contribution >= 0.6 is 0 Å². The largest absolute Gasteiger partial charge is 0.508 e. The number of rotatable bonds is 0. The van der Waals surface area contributed by atoms with Crippen LogP contribution in [0.25, 0.3) is 0 Å². The molecular formula is C12H19NO. The van der Waals surface area contributed by atoms with E-state index in [4.69, 9.17) is 10.4 Å². The zero-order chi connectivity index (χ0) is 11.6. The molecule has 2 nitrogen and oxygen atoms in total. The Bertz CT molecular complexity index is 287. The lowest BCUT2D eigenvalue weighted by molar-refractivity contribution is 0.471. The summed E-state index contributed by atoms with van der Waals surface area (Å²) in [4.78, 5) is 0. The van der Waals surface area contributed by atoms with Gasteiger partial charge in [-0.1, -0.05) is 27.7 Å². The Morgan fingerprint density at radius 2 is 1.64 bits per heavy atom. The third-order valence-corrected chi connectivity index (χ3v) is 1.33. The highest BCUT2D eigenvalue weighted by atomic mass is 16.3. The van der Waals surface area contributed by atoms with Crippen molar-refractivity contribution < 1.29 is 5.11 Å². The standard InChI is InChI=1S/C8H7NO.2C2H6/c1-6-4-7(5-9)2-3-8(6)10;2*1-2/h2-4,10H,1H3;2*1-2H3. The van der Waals surface area contributed by atoms with Crippen molar-refractivity contribution in [2.45, 2.75) is 34.6 Å². The average Bonchev–Trinajstić information content (AvgIpc) is 2.28. The summed E-state index contributed by atoms with van der Waals surface area (Å²) in [6.45, 7) is 9.76. The van der Waals surface area contributed by atoms with Gasteiger partial charge in [-0.2, -0.15) is 5.26 Å². The predicted molar refractivity (Wildman–Crippen MR) is 60.3 cm³/mol. The molecule has 14 heavy (non-hydrogen) atoms. The maximum absolute atomic E-state index is 9.03. The minimum Gasteiger partial charge on any atom is -0.508 e. The zero-order valence-electron chi connectivity index (χ0n) is 9.63. The van der Waals surface area contributed by atoms with Crippen molar-refractivity contribution in [1.29, 1.82) is 5.26 Å². The summed E-state index contributed by atoms with van der Waals surface area (Å²) in [6.07, 6.45) is 0. The fourth-order valence-electron chi connectivity index (χ4n) is 0.725. The summed E-state index contributed by atoms with van der Waals surface area (Å²) < 4.78 is 0. The van der Waals surface area contributed by atoms with E-state index in [1.165, 1.54) is 6.07 Å². The third-order valence-electron chi connectivity index (χ3n) is 1.33. The Morgan fingerprint density at radius 1 is 1.14 bits per heavy atom. The highest BCUT2D eigenvalue weighted by Crippen LogP contribution is 2.15. The van der Waals surface area contributed by atoms with Crippen molar-refractivity contribution in [1.82, 2.24) is 0 Å². The molecule has 1 N–H and O–H groups in total. The molecule has 0 aliphatic rings. The van der Waals surface area contributed by atoms with Crippen molar-refractivity contribution in [3.05, 3.63) is 29.3 Å². The number of benzene rings is 1. The molecule has 0 amide bonds. The summed E-state index contributed by atoms with van der Waals surface area (Å²) >= 11 is 0. The number of nitrogens with zero attached hydrogens (tertiary/aromatic N) is 1. The minimum atomic E-state index is 0.235. The molecule has 0 aromatic heterocycles. The molecule has 0 spiro atoms. The lowest BCUT2D eigenvalue weighted by Gasteiger charge is -1.95. The van der Waals surface area contributed by atoms with E-state index in [1.54, 1.807) is 19.1 Å². The smallest absolute Gasteiger partial charge is 0.118 e. The van der Waals surface area contributed by atoms with Crippen LogP contribution in [0.5, 0.6) is 5.75 Å². The molecule has 2 heteroatoms. The van der Waals surface area contributed by atoms with Gasteiger partial charge in [-0.05, 0) is 30.7 Å². The van der Waals surface area contributed by atoms with Crippen molar-refractivity contribution in [2.24, 2.45) is 0 Å². The van der Waals surface area contributed by atoms with E-state index in [0.29, 0.717) is 5.56 Å². The van der Waals surface area contributed by atoms with Gasteiger partial charge in [0, 0.05) is 0 Å². The molecule has 1 rings (SSSR count). The highest BCUT2D eigenvalue weighted by molar-refractivity contribution is 5.40. The van der Waals surface area contributed by atoms with Gasteiger partial charge in [0.1, 0.15) is 5.75 Å². The average molecular weight is 193 g/mol. The van der Waals surface area contributed by atoms with Crippen molar-refractivity contribution >= 4 is 0 Å². The SMILES string of the molecule is CC.CC.Cc1cc(C#N)ccc1O. The Balaban J connectivity index is 0. The molecule has 0 saturated carbocycles. The molecule has 0 aliphatic heterocycles. The zero-order valence-corrected chi connectivity index (χ0v) is 9.63. The normalized spacial score (nSPS) is 7.14. The van der Waals surface area contributed by atoms with E-state index >= 15 is 0 Å². The number of nitriles is 1. The fourth-order valence-corrected chi connectivity index (χ4v) is 0.725. The summed E-state index contributed by atoms with van der Waals surface area (Å²) in [5, 5.41) is 17.5. The van der Waals surface area contributed by atoms with Gasteiger partial charge in [-0.3, -0.25) is 0 Å². The number of phenolic OH excluding ortho intramolecular Hbond substituents is 1. The molecule has 0 radical (unpaired) electrons. The molecule has 0 heterocycles. The molecular weight excluding hydrogens is 174 g/mol. The monoisotopic (exact) mass is 193 g/mol. The first kappa shape index (κ1) is 15.0. The van der Waals surface area contributed by atoms with Gasteiger partial charge in [0.2, 0.25) is 0 Å². The quantitative estimate of drug-likeness (QED) is 0.683. The van der Waals surface area contributed by atoms with E-state index in [0.717, 1.165) is 5.56 Å². The molecule has 0 unspecified atom stereocenters. The topological polar surface area (TPSA) is 44.0 Å². The van der Waals surface area contributed by atoms with Crippen LogP contribution in [0.2, 0.25) is 0 Å². The molecule has 0 fully saturated rings. The van der Waals surface area contributed by atoms with E-state index < -0.39 is 0 Å². The fraction of sp³-hybridized carbons (Fsp3) is 0.417. The van der Waals surface area contributed by atoms with Gasteiger partial charge in [0.05, 0.1) is 11.6 Å². The second kappa shape index (κ2) is 9.60. The summed E-state index contributed by atoms with van der Waals surface area (Å²) in [5.41, 5.74) is 1.31. The van der Waals surface area contributed by atoms with Crippen LogP contribution in [-0.2, 0) is 0 Å². The second-order valence-electron chi connectivity index (χ2n) is 2.11. The maximum atomic E-state index is 9.03. The predicted octanol–water partition coefficient (Wildman–Crippen LogP) is 3.62. The minimum absolute atomic E-state index is 0.235. The van der Waals surface area contributed by atoms with Crippen LogP contribution in [0.1, 0.15) is 38.8 Å². The molecule has 1 aromatic carbocycles. The van der Waals surface area contributed by atoms with Gasteiger partial charge in [0.25, 0.3) is 0 Å². The summed E-state index contributed by atoms with van der Waals surface area (Å²) in [6, 6.07) is 6.74. The van der Waals surface area contributed by atoms with Gasteiger partial charge in [-0.25, -0.2) is 0 Å². The lowest BCUT2D eigenvalue weighted by Crippen LogP contribution is -1.76. The number of hydrogen-bond donors (Lipinski definition) is 1. The number of aryl methyl sites for hydroxylation is 1. The summed E-state index contributed by atoms with van der Waals surface area (Å²) in [7, 11) is 0. The van der Waals surface area contributed by atoms with E-state index in [-0.39, 0.29) is 5.75 Å². The lowest BCUT2D eigenvalue weighted by atomic mass is 10.1. The van der Waals surface area contributed by atoms with E-state index in [1.807, 2.05) is 33.8 Å². The van der Waals surface area contributed by atoms with Gasteiger partial charge in [-0.15, -0.1) is 0 Å². The van der Waals surface area contributed by atoms with Crippen LogP contribution in [-0.4, -0.2) is 5.11 Å². The van der Waals surface area contributed by atoms with Crippen LogP contribution < -0.4 is 0 Å². The molecule has 0 atom stereocenters. The number of aromatic hydroxyl groups is 1. The summed E-state index contributed by atoms with van der Waals surface area (Å²) in [5.74, 6) is 0.235. The first-order valence-corrected chi connectivity index (χ1v) is 4.94. The number of phenols is 1. The van der Waals surface area contributed by atoms with Gasteiger partial charge < -0.3 is 5.11 Å². The van der Waals surface area contributed by atoms with E-state index in [2.05, 4.69) is 0 Å². The second-order valence-corrected chi connectivity index (χ2v) is 2.11. The van der Waals surface area contributed by atoms with Crippen molar-refractivity contribution in [3.63, 3.8) is 0 Å². The Morgan fingerprint density at radius 3 is 2.00 bits per heavy atom. The van der Waals surface area contributed by atoms with E-state index in [9.17, 15) is 0 Å². The third kappa shape index (κ3) is 5.21. The molecule has 1 aromatic rings. The Kier molecular flexibility index (Phi) is 10.3. The first-order valence-electron chi connectivity index (χ1n) is 4.94. The van der Waals surface area contributed by atoms with Crippen LogP contribution in [0.15, 0.2) is 18.2 Å². The molecule has 0 aliphatic carbocycles. The van der Waals surface area contributed by atoms with Gasteiger partial charge in [0.15, 0.2) is 0 Å². The van der Waals surface area contributed by atoms with Crippen molar-refractivity contribution in [3.8, 4) is 11.8 Å². The molecule has 0 saturated heterocycles. The maximum Gasteiger partial charge on any atom is 0.118 e.